The van der Waals surface area contributed by atoms with E-state index in [0.717, 1.165) is 18.4 Å². The predicted octanol–water partition coefficient (Wildman–Crippen LogP) is 2.85. The maximum Gasteiger partial charge on any atom is 0.132 e. The minimum absolute atomic E-state index is 0.0528. The Morgan fingerprint density at radius 2 is 1.94 bits per heavy atom. The second-order valence-electron chi connectivity index (χ2n) is 5.47. The third-order valence-corrected chi connectivity index (χ3v) is 4.44. The summed E-state index contributed by atoms with van der Waals surface area (Å²) in [5.41, 5.74) is 0.982. The molecule has 1 aromatic carbocycles. The minimum Gasteiger partial charge on any atom is -0.379 e. The fourth-order valence-electron chi connectivity index (χ4n) is 3.25. The molecule has 0 unspecified atom stereocenters. The van der Waals surface area contributed by atoms with Crippen molar-refractivity contribution in [2.45, 2.75) is 31.1 Å². The number of Topliss-reactive ketones (excluding diaryl/α,β-unsaturated/α-hetero) is 1. The molecule has 1 aliphatic carbocycles. The first kappa shape index (κ1) is 11.8. The lowest BCUT2D eigenvalue weighted by molar-refractivity contribution is -0.127. The molecule has 0 amide bonds. The van der Waals surface area contributed by atoms with Gasteiger partial charge in [-0.3, -0.25) is 4.79 Å². The van der Waals surface area contributed by atoms with Crippen molar-refractivity contribution in [3.05, 3.63) is 35.6 Å². The van der Waals surface area contributed by atoms with E-state index in [1.54, 1.807) is 12.1 Å². The van der Waals surface area contributed by atoms with Crippen LogP contribution < -0.4 is 0 Å². The van der Waals surface area contributed by atoms with Gasteiger partial charge in [-0.1, -0.05) is 12.1 Å². The topological polar surface area (TPSA) is 26.3 Å². The van der Waals surface area contributed by atoms with Crippen LogP contribution in [0.5, 0.6) is 0 Å². The van der Waals surface area contributed by atoms with E-state index in [0.29, 0.717) is 37.8 Å². The minimum atomic E-state index is -0.189. The van der Waals surface area contributed by atoms with Gasteiger partial charge in [0.25, 0.3) is 0 Å². The molecule has 3 rings (SSSR count). The summed E-state index contributed by atoms with van der Waals surface area (Å²) in [6.45, 7) is 1.32. The highest BCUT2D eigenvalue weighted by atomic mass is 19.1. The van der Waals surface area contributed by atoms with Crippen molar-refractivity contribution in [3.63, 3.8) is 0 Å². The summed E-state index contributed by atoms with van der Waals surface area (Å²) in [5, 5.41) is 0. The average molecular weight is 248 g/mol. The van der Waals surface area contributed by atoms with Crippen molar-refractivity contribution in [2.24, 2.45) is 5.92 Å². The van der Waals surface area contributed by atoms with Crippen molar-refractivity contribution in [1.82, 2.24) is 0 Å². The monoisotopic (exact) mass is 248 g/mol. The van der Waals surface area contributed by atoms with Gasteiger partial charge >= 0.3 is 0 Å². The van der Waals surface area contributed by atoms with Crippen LogP contribution >= 0.6 is 0 Å². The molecule has 0 atom stereocenters. The zero-order chi connectivity index (χ0) is 12.6. The fourth-order valence-corrected chi connectivity index (χ4v) is 3.25. The molecule has 0 radical (unpaired) electrons. The fraction of sp³-hybridized carbons (Fsp3) is 0.533. The summed E-state index contributed by atoms with van der Waals surface area (Å²) < 4.78 is 18.8. The molecule has 1 heterocycles. The molecule has 2 fully saturated rings. The lowest BCUT2D eigenvalue weighted by Gasteiger charge is -2.49. The largest absolute Gasteiger partial charge is 0.379 e. The van der Waals surface area contributed by atoms with Crippen LogP contribution in [0.3, 0.4) is 0 Å². The van der Waals surface area contributed by atoms with Crippen LogP contribution in [0.1, 0.15) is 31.2 Å². The lowest BCUT2D eigenvalue weighted by Crippen LogP contribution is -2.53. The van der Waals surface area contributed by atoms with E-state index in [4.69, 9.17) is 4.74 Å². The average Bonchev–Trinajstić information content (AvgIpc) is 2.30. The van der Waals surface area contributed by atoms with Crippen molar-refractivity contribution >= 4 is 5.78 Å². The van der Waals surface area contributed by atoms with Crippen molar-refractivity contribution < 1.29 is 13.9 Å². The Morgan fingerprint density at radius 1 is 1.22 bits per heavy atom. The van der Waals surface area contributed by atoms with E-state index in [9.17, 15) is 9.18 Å². The van der Waals surface area contributed by atoms with Gasteiger partial charge in [-0.25, -0.2) is 4.39 Å². The van der Waals surface area contributed by atoms with Crippen LogP contribution in [0.4, 0.5) is 4.39 Å². The smallest absolute Gasteiger partial charge is 0.132 e. The number of ether oxygens (including phenoxy) is 1. The van der Waals surface area contributed by atoms with E-state index in [1.807, 2.05) is 6.07 Å². The highest BCUT2D eigenvalue weighted by Gasteiger charge is 2.47. The molecule has 1 saturated heterocycles. The Kier molecular flexibility index (Phi) is 2.94. The van der Waals surface area contributed by atoms with Crippen molar-refractivity contribution in [1.29, 1.82) is 0 Å². The lowest BCUT2D eigenvalue weighted by atomic mass is 9.63. The zero-order valence-electron chi connectivity index (χ0n) is 10.3. The second-order valence-corrected chi connectivity index (χ2v) is 5.47. The number of carbonyl (C=O) groups is 1. The normalized spacial score (nSPS) is 23.7. The van der Waals surface area contributed by atoms with Gasteiger partial charge in [-0.15, -0.1) is 0 Å². The maximum atomic E-state index is 13.4. The molecule has 0 spiro atoms. The number of carbonyl (C=O) groups excluding carboxylic acids is 1. The van der Waals surface area contributed by atoms with Gasteiger partial charge in [0.15, 0.2) is 0 Å². The van der Waals surface area contributed by atoms with E-state index >= 15 is 0 Å². The summed E-state index contributed by atoms with van der Waals surface area (Å²) in [7, 11) is 0. The first-order valence-corrected chi connectivity index (χ1v) is 6.56. The van der Waals surface area contributed by atoms with Gasteiger partial charge in [0.1, 0.15) is 11.6 Å². The van der Waals surface area contributed by atoms with Crippen LogP contribution in [0.25, 0.3) is 0 Å². The zero-order valence-corrected chi connectivity index (χ0v) is 10.3. The molecule has 1 aromatic rings. The van der Waals surface area contributed by atoms with Gasteiger partial charge in [0.05, 0.1) is 13.2 Å². The molecule has 2 aliphatic rings. The van der Waals surface area contributed by atoms with Crippen molar-refractivity contribution in [2.75, 3.05) is 13.2 Å². The summed E-state index contributed by atoms with van der Waals surface area (Å²) >= 11 is 0. The maximum absolute atomic E-state index is 13.4. The number of halogens is 1. The van der Waals surface area contributed by atoms with Crippen LogP contribution in [-0.2, 0) is 14.9 Å². The Labute approximate surface area is 106 Å². The summed E-state index contributed by atoms with van der Waals surface area (Å²) in [6, 6.07) is 6.85. The van der Waals surface area contributed by atoms with Crippen LogP contribution in [0, 0.1) is 11.7 Å². The van der Waals surface area contributed by atoms with Crippen LogP contribution in [0.2, 0.25) is 0 Å². The Morgan fingerprint density at radius 3 is 2.50 bits per heavy atom. The number of rotatable bonds is 2. The molecular weight excluding hydrogens is 231 g/mol. The highest BCUT2D eigenvalue weighted by Crippen LogP contribution is 2.45. The van der Waals surface area contributed by atoms with Crippen LogP contribution in [-0.4, -0.2) is 19.0 Å². The van der Waals surface area contributed by atoms with Gasteiger partial charge in [-0.05, 0) is 36.5 Å². The third-order valence-electron chi connectivity index (χ3n) is 4.44. The molecule has 18 heavy (non-hydrogen) atoms. The SMILES string of the molecule is O=C1CCC(C2(c3cccc(F)c3)COC2)CC1. The Hall–Kier alpha value is -1.22. The molecular formula is C15H17FO2. The molecule has 0 aromatic heterocycles. The van der Waals surface area contributed by atoms with E-state index in [1.165, 1.54) is 6.07 Å². The summed E-state index contributed by atoms with van der Waals surface area (Å²) in [4.78, 5) is 11.3. The Bertz CT molecular complexity index is 455. The molecule has 96 valence electrons. The Balaban J connectivity index is 1.88. The quantitative estimate of drug-likeness (QED) is 0.804. The first-order chi connectivity index (χ1) is 8.71. The van der Waals surface area contributed by atoms with E-state index < -0.39 is 0 Å². The molecule has 3 heteroatoms. The highest BCUT2D eigenvalue weighted by molar-refractivity contribution is 5.79. The number of hydrogen-bond donors (Lipinski definition) is 0. The predicted molar refractivity (Wildman–Crippen MR) is 65.9 cm³/mol. The number of benzene rings is 1. The molecule has 2 nitrogen and oxygen atoms in total. The standard InChI is InChI=1S/C15H17FO2/c16-13-3-1-2-12(8-13)15(9-18-10-15)11-4-6-14(17)7-5-11/h1-3,8,11H,4-7,9-10H2. The molecule has 1 aliphatic heterocycles. The molecule has 1 saturated carbocycles. The van der Waals surface area contributed by atoms with E-state index in [2.05, 4.69) is 0 Å². The van der Waals surface area contributed by atoms with Gasteiger partial charge < -0.3 is 4.74 Å². The second kappa shape index (κ2) is 4.47. The molecule has 0 bridgehead atoms. The van der Waals surface area contributed by atoms with Gasteiger partial charge in [0.2, 0.25) is 0 Å². The van der Waals surface area contributed by atoms with Crippen molar-refractivity contribution in [3.8, 4) is 0 Å². The van der Waals surface area contributed by atoms with Gasteiger partial charge in [-0.2, -0.15) is 0 Å². The summed E-state index contributed by atoms with van der Waals surface area (Å²) in [6.07, 6.45) is 3.17. The number of hydrogen-bond acceptors (Lipinski definition) is 2. The first-order valence-electron chi connectivity index (χ1n) is 6.56. The van der Waals surface area contributed by atoms with Crippen LogP contribution in [0.15, 0.2) is 24.3 Å². The number of ketones is 1. The third kappa shape index (κ3) is 1.87. The molecule has 0 N–H and O–H groups in total. The van der Waals surface area contributed by atoms with Gasteiger partial charge in [0, 0.05) is 18.3 Å². The summed E-state index contributed by atoms with van der Waals surface area (Å²) in [5.74, 6) is 0.622. The van der Waals surface area contributed by atoms with E-state index in [-0.39, 0.29) is 11.2 Å².